The molecule has 4 heteroatoms. The lowest BCUT2D eigenvalue weighted by molar-refractivity contribution is 0.0738. The molecular weight excluding hydrogens is 440 g/mol. The smallest absolute Gasteiger partial charge is 0.253 e. The van der Waals surface area contributed by atoms with Crippen LogP contribution in [0.4, 0.5) is 0 Å². The lowest BCUT2D eigenvalue weighted by Gasteiger charge is -2.25. The summed E-state index contributed by atoms with van der Waals surface area (Å²) in [4.78, 5) is 17.9. The maximum absolute atomic E-state index is 13.3. The number of rotatable bonds is 9. The molecule has 1 amide bonds. The van der Waals surface area contributed by atoms with Crippen molar-refractivity contribution in [1.82, 2.24) is 9.80 Å². The number of likely N-dealkylation sites (tertiary alicyclic amines) is 1. The van der Waals surface area contributed by atoms with Crippen molar-refractivity contribution in [2.24, 2.45) is 5.92 Å². The van der Waals surface area contributed by atoms with Crippen LogP contribution < -0.4 is 0 Å². The van der Waals surface area contributed by atoms with Crippen molar-refractivity contribution >= 4 is 17.5 Å². The van der Waals surface area contributed by atoms with Gasteiger partial charge in [0.1, 0.15) is 0 Å². The van der Waals surface area contributed by atoms with Crippen LogP contribution in [0.25, 0.3) is 11.1 Å². The van der Waals surface area contributed by atoms with Crippen molar-refractivity contribution in [2.75, 3.05) is 26.2 Å². The molecule has 1 saturated heterocycles. The fraction of sp³-hybridized carbons (Fsp3) is 0.367. The van der Waals surface area contributed by atoms with Crippen LogP contribution in [0, 0.1) is 5.92 Å². The minimum Gasteiger partial charge on any atom is -0.338 e. The molecule has 4 rings (SSSR count). The summed E-state index contributed by atoms with van der Waals surface area (Å²) in [5.41, 5.74) is 5.57. The molecular formula is C30H35ClN2O. The quantitative estimate of drug-likeness (QED) is 0.335. The van der Waals surface area contributed by atoms with Gasteiger partial charge < -0.3 is 4.90 Å². The zero-order valence-corrected chi connectivity index (χ0v) is 21.1. The zero-order valence-electron chi connectivity index (χ0n) is 20.3. The molecule has 0 spiro atoms. The first-order valence-electron chi connectivity index (χ1n) is 12.4. The number of hydrogen-bond acceptors (Lipinski definition) is 2. The molecule has 178 valence electrons. The fourth-order valence-corrected chi connectivity index (χ4v) is 4.75. The predicted molar refractivity (Wildman–Crippen MR) is 142 cm³/mol. The molecule has 1 aliphatic rings. The van der Waals surface area contributed by atoms with E-state index in [1.54, 1.807) is 0 Å². The van der Waals surface area contributed by atoms with Crippen molar-refractivity contribution < 1.29 is 4.79 Å². The second-order valence-corrected chi connectivity index (χ2v) is 10.2. The molecule has 34 heavy (non-hydrogen) atoms. The third-order valence-electron chi connectivity index (χ3n) is 6.48. The molecule has 0 atom stereocenters. The summed E-state index contributed by atoms with van der Waals surface area (Å²) in [6.07, 6.45) is 3.51. The number of benzene rings is 3. The zero-order chi connectivity index (χ0) is 23.9. The lowest BCUT2D eigenvalue weighted by atomic mass is 10.0. The molecule has 3 nitrogen and oxygen atoms in total. The van der Waals surface area contributed by atoms with Gasteiger partial charge in [0.2, 0.25) is 0 Å². The van der Waals surface area contributed by atoms with Gasteiger partial charge in [-0.1, -0.05) is 74.0 Å². The van der Waals surface area contributed by atoms with Gasteiger partial charge >= 0.3 is 0 Å². The molecule has 1 aliphatic heterocycles. The predicted octanol–water partition coefficient (Wildman–Crippen LogP) is 6.94. The number of halogens is 1. The van der Waals surface area contributed by atoms with E-state index in [1.807, 2.05) is 53.4 Å². The highest BCUT2D eigenvalue weighted by atomic mass is 35.5. The monoisotopic (exact) mass is 474 g/mol. The van der Waals surface area contributed by atoms with Crippen molar-refractivity contribution in [3.63, 3.8) is 0 Å². The number of carbonyl (C=O) groups is 1. The van der Waals surface area contributed by atoms with Gasteiger partial charge in [-0.25, -0.2) is 0 Å². The topological polar surface area (TPSA) is 23.6 Å². The Hall–Kier alpha value is -2.62. The SMILES string of the molecule is CC(C)CN(CCc1ccc(CN2CCCC2)cc1)C(=O)c1ccc(-c2ccc(Cl)cc2)cc1. The average Bonchev–Trinajstić information content (AvgIpc) is 3.36. The summed E-state index contributed by atoms with van der Waals surface area (Å²) in [5, 5.41) is 0.723. The molecule has 3 aromatic carbocycles. The van der Waals surface area contributed by atoms with E-state index in [4.69, 9.17) is 11.6 Å². The van der Waals surface area contributed by atoms with E-state index in [0.29, 0.717) is 5.92 Å². The maximum atomic E-state index is 13.3. The van der Waals surface area contributed by atoms with Crippen LogP contribution in [0.1, 0.15) is 48.2 Å². The molecule has 1 heterocycles. The first kappa shape index (κ1) is 24.5. The van der Waals surface area contributed by atoms with E-state index in [-0.39, 0.29) is 5.91 Å². The average molecular weight is 475 g/mol. The van der Waals surface area contributed by atoms with Gasteiger partial charge in [-0.05, 0) is 84.8 Å². The Labute approximate surface area is 209 Å². The summed E-state index contributed by atoms with van der Waals surface area (Å²) in [6.45, 7) is 9.29. The van der Waals surface area contributed by atoms with E-state index < -0.39 is 0 Å². The standard InChI is InChI=1S/C30H35ClN2O/c1-23(2)21-33(20-17-24-5-7-25(8-6-24)22-32-18-3-4-19-32)30(34)28-11-9-26(10-12-28)27-13-15-29(31)16-14-27/h5-16,23H,3-4,17-22H2,1-2H3. The Morgan fingerprint density at radius 2 is 1.41 bits per heavy atom. The van der Waals surface area contributed by atoms with Crippen LogP contribution in [-0.2, 0) is 13.0 Å². The number of nitrogens with zero attached hydrogens (tertiary/aromatic N) is 2. The van der Waals surface area contributed by atoms with Gasteiger partial charge in [0, 0.05) is 30.2 Å². The Morgan fingerprint density at radius 1 is 0.853 bits per heavy atom. The second-order valence-electron chi connectivity index (χ2n) is 9.78. The van der Waals surface area contributed by atoms with Crippen LogP contribution in [0.3, 0.4) is 0 Å². The van der Waals surface area contributed by atoms with Crippen LogP contribution in [0.2, 0.25) is 5.02 Å². The molecule has 0 radical (unpaired) electrons. The number of amides is 1. The minimum atomic E-state index is 0.0991. The van der Waals surface area contributed by atoms with E-state index in [2.05, 4.69) is 43.0 Å². The molecule has 1 fully saturated rings. The van der Waals surface area contributed by atoms with Crippen LogP contribution in [0.5, 0.6) is 0 Å². The molecule has 0 N–H and O–H groups in total. The molecule has 0 aliphatic carbocycles. The van der Waals surface area contributed by atoms with Crippen molar-refractivity contribution in [1.29, 1.82) is 0 Å². The Kier molecular flexibility index (Phi) is 8.42. The summed E-state index contributed by atoms with van der Waals surface area (Å²) >= 11 is 6.01. The van der Waals surface area contributed by atoms with Gasteiger partial charge in [-0.2, -0.15) is 0 Å². The van der Waals surface area contributed by atoms with Crippen molar-refractivity contribution in [3.8, 4) is 11.1 Å². The first-order chi connectivity index (χ1) is 16.5. The van der Waals surface area contributed by atoms with Gasteiger partial charge in [0.05, 0.1) is 0 Å². The highest BCUT2D eigenvalue weighted by Crippen LogP contribution is 2.22. The molecule has 0 bridgehead atoms. The minimum absolute atomic E-state index is 0.0991. The van der Waals surface area contributed by atoms with Crippen molar-refractivity contribution in [2.45, 2.75) is 39.7 Å². The van der Waals surface area contributed by atoms with Gasteiger partial charge in [0.15, 0.2) is 0 Å². The molecule has 3 aromatic rings. The molecule has 0 aromatic heterocycles. The van der Waals surface area contributed by atoms with Crippen LogP contribution >= 0.6 is 11.6 Å². The summed E-state index contributed by atoms with van der Waals surface area (Å²) in [7, 11) is 0. The van der Waals surface area contributed by atoms with E-state index in [0.717, 1.165) is 47.8 Å². The maximum Gasteiger partial charge on any atom is 0.253 e. The number of hydrogen-bond donors (Lipinski definition) is 0. The Bertz CT molecular complexity index is 1050. The van der Waals surface area contributed by atoms with Crippen LogP contribution in [0.15, 0.2) is 72.8 Å². The molecule has 0 saturated carbocycles. The number of carbonyl (C=O) groups excluding carboxylic acids is 1. The summed E-state index contributed by atoms with van der Waals surface area (Å²) < 4.78 is 0. The largest absolute Gasteiger partial charge is 0.338 e. The van der Waals surface area contributed by atoms with Crippen LogP contribution in [-0.4, -0.2) is 41.9 Å². The summed E-state index contributed by atoms with van der Waals surface area (Å²) in [6, 6.07) is 24.6. The third kappa shape index (κ3) is 6.71. The van der Waals surface area contributed by atoms with Gasteiger partial charge in [-0.15, -0.1) is 0 Å². The lowest BCUT2D eigenvalue weighted by Crippen LogP contribution is -2.35. The molecule has 0 unspecified atom stereocenters. The fourth-order valence-electron chi connectivity index (χ4n) is 4.62. The van der Waals surface area contributed by atoms with Gasteiger partial charge in [-0.3, -0.25) is 9.69 Å². The first-order valence-corrected chi connectivity index (χ1v) is 12.8. The Morgan fingerprint density at radius 3 is 2.00 bits per heavy atom. The van der Waals surface area contributed by atoms with E-state index in [1.165, 1.54) is 37.1 Å². The third-order valence-corrected chi connectivity index (χ3v) is 6.73. The Balaban J connectivity index is 1.38. The highest BCUT2D eigenvalue weighted by molar-refractivity contribution is 6.30. The second kappa shape index (κ2) is 11.7. The van der Waals surface area contributed by atoms with E-state index in [9.17, 15) is 4.79 Å². The van der Waals surface area contributed by atoms with E-state index >= 15 is 0 Å². The summed E-state index contributed by atoms with van der Waals surface area (Å²) in [5.74, 6) is 0.516. The van der Waals surface area contributed by atoms with Crippen molar-refractivity contribution in [3.05, 3.63) is 94.5 Å². The highest BCUT2D eigenvalue weighted by Gasteiger charge is 2.17. The normalized spacial score (nSPS) is 14.0. The van der Waals surface area contributed by atoms with Gasteiger partial charge in [0.25, 0.3) is 5.91 Å².